The molecule has 0 aliphatic heterocycles. The molecular formula is C28H25N5O4S. The van der Waals surface area contributed by atoms with Crippen molar-refractivity contribution in [2.45, 2.75) is 30.7 Å². The second kappa shape index (κ2) is 11.8. The predicted octanol–water partition coefficient (Wildman–Crippen LogP) is 5.05. The fraction of sp³-hybridized carbons (Fsp3) is 0.214. The Balaban J connectivity index is 1.64. The summed E-state index contributed by atoms with van der Waals surface area (Å²) in [6.45, 7) is 11.0. The Morgan fingerprint density at radius 1 is 1.18 bits per heavy atom. The number of nitriles is 1. The normalized spacial score (nSPS) is 11.5. The van der Waals surface area contributed by atoms with E-state index >= 15 is 0 Å². The number of anilines is 1. The van der Waals surface area contributed by atoms with Crippen molar-refractivity contribution >= 4 is 23.3 Å². The molecule has 0 bridgehead atoms. The van der Waals surface area contributed by atoms with Gasteiger partial charge in [-0.2, -0.15) is 5.26 Å². The zero-order valence-electron chi connectivity index (χ0n) is 20.8. The lowest BCUT2D eigenvalue weighted by Crippen LogP contribution is -2.21. The van der Waals surface area contributed by atoms with Crippen LogP contribution in [0.3, 0.4) is 0 Å². The van der Waals surface area contributed by atoms with Gasteiger partial charge in [-0.25, -0.2) is 14.8 Å². The van der Waals surface area contributed by atoms with Crippen molar-refractivity contribution in [3.63, 3.8) is 0 Å². The highest BCUT2D eigenvalue weighted by molar-refractivity contribution is 7.98. The van der Waals surface area contributed by atoms with Gasteiger partial charge in [0.2, 0.25) is 11.6 Å². The van der Waals surface area contributed by atoms with Crippen LogP contribution in [0.25, 0.3) is 27.4 Å². The maximum Gasteiger partial charge on any atom is 0.236 e. The molecule has 2 heterocycles. The van der Waals surface area contributed by atoms with E-state index in [0.717, 1.165) is 16.8 Å². The summed E-state index contributed by atoms with van der Waals surface area (Å²) in [4.78, 5) is 12.6. The molecule has 10 heteroatoms. The molecule has 0 saturated heterocycles. The number of benzene rings is 2. The van der Waals surface area contributed by atoms with Gasteiger partial charge in [0, 0.05) is 16.9 Å². The molecule has 0 radical (unpaired) electrons. The first-order chi connectivity index (χ1) is 18.4. The van der Waals surface area contributed by atoms with Gasteiger partial charge in [0.25, 0.3) is 0 Å². The van der Waals surface area contributed by atoms with Crippen molar-refractivity contribution in [3.05, 3.63) is 82.5 Å². The van der Waals surface area contributed by atoms with Crippen molar-refractivity contribution in [3.8, 4) is 34.4 Å². The quantitative estimate of drug-likeness (QED) is 0.201. The van der Waals surface area contributed by atoms with Crippen LogP contribution in [-0.4, -0.2) is 39.5 Å². The first-order valence-corrected chi connectivity index (χ1v) is 12.6. The molecule has 0 spiro atoms. The van der Waals surface area contributed by atoms with Gasteiger partial charge in [-0.3, -0.25) is 0 Å². The number of nitrogens with two attached hydrogens (primary N) is 1. The SMILES string of the molecule is [C-]#[N+]c1c(N)nc(SCc2nc(-c3ccccc3C)oc2C)c(C#N)c1-c1ccc(OC[C@@H](O)CO)cc1. The lowest BCUT2D eigenvalue weighted by atomic mass is 10.00. The van der Waals surface area contributed by atoms with Crippen LogP contribution >= 0.6 is 11.8 Å². The summed E-state index contributed by atoms with van der Waals surface area (Å²) < 4.78 is 11.4. The second-order valence-corrected chi connectivity index (χ2v) is 9.39. The molecule has 4 N–H and O–H groups in total. The van der Waals surface area contributed by atoms with Gasteiger partial charge in [0.15, 0.2) is 0 Å². The summed E-state index contributed by atoms with van der Waals surface area (Å²) in [5, 5.41) is 28.9. The molecule has 1 atom stereocenters. The highest BCUT2D eigenvalue weighted by atomic mass is 32.2. The number of aromatic nitrogens is 2. The van der Waals surface area contributed by atoms with Crippen LogP contribution in [0, 0.1) is 31.8 Å². The van der Waals surface area contributed by atoms with Gasteiger partial charge in [0.05, 0.1) is 24.4 Å². The third kappa shape index (κ3) is 5.63. The Hall–Kier alpha value is -4.35. The van der Waals surface area contributed by atoms with Gasteiger partial charge in [0.1, 0.15) is 41.1 Å². The number of oxazole rings is 1. The number of ether oxygens (including phenoxy) is 1. The van der Waals surface area contributed by atoms with E-state index in [2.05, 4.69) is 20.9 Å². The number of aliphatic hydroxyl groups excluding tert-OH is 2. The van der Waals surface area contributed by atoms with Gasteiger partial charge in [-0.05, 0) is 43.2 Å². The van der Waals surface area contributed by atoms with E-state index in [4.69, 9.17) is 26.6 Å². The Bertz CT molecular complexity index is 1540. The largest absolute Gasteiger partial charge is 0.491 e. The molecule has 2 aromatic heterocycles. The molecule has 4 rings (SSSR count). The standard InChI is InChI=1S/C28H25N5O4S/c1-16-6-4-5-7-21(16)27-32-23(17(2)37-27)15-38-28-22(12-29)24(25(31-3)26(30)33-28)18-8-10-20(11-9-18)36-14-19(35)13-34/h4-11,19,34-35H,13-15H2,1-2H3,(H2,30,33)/t19-/m0/s1. The van der Waals surface area contributed by atoms with Crippen LogP contribution in [0.1, 0.15) is 22.6 Å². The van der Waals surface area contributed by atoms with E-state index in [0.29, 0.717) is 39.3 Å². The van der Waals surface area contributed by atoms with E-state index in [1.54, 1.807) is 24.3 Å². The summed E-state index contributed by atoms with van der Waals surface area (Å²) in [6, 6.07) is 16.8. The number of hydrogen-bond donors (Lipinski definition) is 3. The summed E-state index contributed by atoms with van der Waals surface area (Å²) in [6.07, 6.45) is -0.991. The number of hydrogen-bond acceptors (Lipinski definition) is 9. The zero-order chi connectivity index (χ0) is 27.2. The van der Waals surface area contributed by atoms with Crippen LogP contribution < -0.4 is 10.5 Å². The number of aryl methyl sites for hydroxylation is 2. The van der Waals surface area contributed by atoms with Gasteiger partial charge in [-0.1, -0.05) is 42.1 Å². The predicted molar refractivity (Wildman–Crippen MR) is 145 cm³/mol. The number of aliphatic hydroxyl groups is 2. The number of nitrogens with zero attached hydrogens (tertiary/aromatic N) is 4. The van der Waals surface area contributed by atoms with E-state index in [1.165, 1.54) is 11.8 Å². The highest BCUT2D eigenvalue weighted by Crippen LogP contribution is 2.42. The molecule has 0 aliphatic carbocycles. The fourth-order valence-electron chi connectivity index (χ4n) is 3.76. The zero-order valence-corrected chi connectivity index (χ0v) is 21.6. The maximum atomic E-state index is 10.1. The summed E-state index contributed by atoms with van der Waals surface area (Å²) >= 11 is 1.30. The number of pyridine rings is 1. The lowest BCUT2D eigenvalue weighted by Gasteiger charge is -2.14. The van der Waals surface area contributed by atoms with Gasteiger partial charge in [-0.15, -0.1) is 0 Å². The van der Waals surface area contributed by atoms with Gasteiger partial charge >= 0.3 is 0 Å². The molecule has 0 fully saturated rings. The minimum Gasteiger partial charge on any atom is -0.491 e. The lowest BCUT2D eigenvalue weighted by molar-refractivity contribution is 0.0536. The second-order valence-electron chi connectivity index (χ2n) is 8.42. The van der Waals surface area contributed by atoms with Crippen molar-refractivity contribution in [1.82, 2.24) is 9.97 Å². The first kappa shape index (κ1) is 26.7. The van der Waals surface area contributed by atoms with Crippen LogP contribution in [0.4, 0.5) is 11.5 Å². The van der Waals surface area contributed by atoms with Crippen molar-refractivity contribution in [1.29, 1.82) is 5.26 Å². The summed E-state index contributed by atoms with van der Waals surface area (Å²) in [5.41, 5.74) is 10.2. The smallest absolute Gasteiger partial charge is 0.236 e. The summed E-state index contributed by atoms with van der Waals surface area (Å²) in [7, 11) is 0. The Labute approximate surface area is 224 Å². The van der Waals surface area contributed by atoms with Crippen LogP contribution in [0.15, 0.2) is 58.0 Å². The van der Waals surface area contributed by atoms with E-state index in [-0.39, 0.29) is 23.7 Å². The topological polar surface area (TPSA) is 143 Å². The minimum absolute atomic E-state index is 0.0281. The molecular weight excluding hydrogens is 502 g/mol. The third-order valence-electron chi connectivity index (χ3n) is 5.80. The number of nitrogen functional groups attached to an aromatic ring is 1. The number of thioether (sulfide) groups is 1. The molecule has 38 heavy (non-hydrogen) atoms. The van der Waals surface area contributed by atoms with Crippen molar-refractivity contribution in [2.24, 2.45) is 0 Å². The van der Waals surface area contributed by atoms with Crippen LogP contribution in [0.2, 0.25) is 0 Å². The van der Waals surface area contributed by atoms with Gasteiger partial charge < -0.3 is 25.1 Å². The molecule has 192 valence electrons. The average molecular weight is 528 g/mol. The fourth-order valence-corrected chi connectivity index (χ4v) is 4.76. The monoisotopic (exact) mass is 527 g/mol. The van der Waals surface area contributed by atoms with Crippen molar-refractivity contribution < 1.29 is 19.4 Å². The Kier molecular flexibility index (Phi) is 8.29. The Morgan fingerprint density at radius 3 is 2.58 bits per heavy atom. The molecule has 0 amide bonds. The van der Waals surface area contributed by atoms with E-state index < -0.39 is 12.7 Å². The maximum absolute atomic E-state index is 10.1. The van der Waals surface area contributed by atoms with E-state index in [1.807, 2.05) is 38.1 Å². The van der Waals surface area contributed by atoms with Crippen molar-refractivity contribution in [2.75, 3.05) is 18.9 Å². The van der Waals surface area contributed by atoms with E-state index in [9.17, 15) is 10.4 Å². The highest BCUT2D eigenvalue weighted by Gasteiger charge is 2.22. The number of rotatable bonds is 9. The Morgan fingerprint density at radius 2 is 1.92 bits per heavy atom. The first-order valence-electron chi connectivity index (χ1n) is 11.6. The van der Waals surface area contributed by atoms with Crippen LogP contribution in [0.5, 0.6) is 5.75 Å². The van der Waals surface area contributed by atoms with Crippen LogP contribution in [-0.2, 0) is 5.75 Å². The minimum atomic E-state index is -0.991. The molecule has 0 aliphatic rings. The molecule has 9 nitrogen and oxygen atoms in total. The summed E-state index contributed by atoms with van der Waals surface area (Å²) in [5.74, 6) is 2.08. The molecule has 2 aromatic carbocycles. The third-order valence-corrected chi connectivity index (χ3v) is 6.79. The molecule has 0 unspecified atom stereocenters. The molecule has 0 saturated carbocycles. The molecule has 4 aromatic rings. The average Bonchev–Trinajstić information content (AvgIpc) is 3.30.